The molecule has 1 aromatic carbocycles. The van der Waals surface area contributed by atoms with E-state index in [2.05, 4.69) is 27.7 Å². The lowest BCUT2D eigenvalue weighted by atomic mass is 10.1. The molecule has 0 atom stereocenters. The van der Waals surface area contributed by atoms with Crippen molar-refractivity contribution in [3.05, 3.63) is 35.7 Å². The fourth-order valence-corrected chi connectivity index (χ4v) is 1.94. The number of nitrogens with one attached hydrogen (secondary N) is 2. The third-order valence-electron chi connectivity index (χ3n) is 2.94. The lowest BCUT2D eigenvalue weighted by Gasteiger charge is -2.08. The molecule has 0 bridgehead atoms. The van der Waals surface area contributed by atoms with Crippen molar-refractivity contribution in [2.75, 3.05) is 19.6 Å². The molecule has 0 radical (unpaired) electrons. The van der Waals surface area contributed by atoms with Crippen LogP contribution in [0.3, 0.4) is 0 Å². The predicted molar refractivity (Wildman–Crippen MR) is 87.2 cm³/mol. The number of amides is 1. The molecule has 2 N–H and O–H groups in total. The fourth-order valence-electron chi connectivity index (χ4n) is 1.94. The standard InChI is InChI=1S/C15H20N4O2.ClH/c1-3-8-16-9-10-17-14(20)12-6-4-5-7-13(12)15-18-11(2)19-21-15;/h4-7,16H,3,8-10H2,1-2H3,(H,17,20);1H. The fraction of sp³-hybridized carbons (Fsp3) is 0.400. The zero-order valence-corrected chi connectivity index (χ0v) is 13.6. The topological polar surface area (TPSA) is 80.0 Å². The van der Waals surface area contributed by atoms with Crippen LogP contribution >= 0.6 is 12.4 Å². The number of aryl methyl sites for hydroxylation is 1. The van der Waals surface area contributed by atoms with Crippen molar-refractivity contribution in [1.29, 1.82) is 0 Å². The number of rotatable bonds is 7. The normalized spacial score (nSPS) is 10.1. The van der Waals surface area contributed by atoms with Gasteiger partial charge in [-0.25, -0.2) is 0 Å². The number of carbonyl (C=O) groups excluding carboxylic acids is 1. The Labute approximate surface area is 136 Å². The molecule has 0 aliphatic carbocycles. The van der Waals surface area contributed by atoms with Gasteiger partial charge >= 0.3 is 0 Å². The van der Waals surface area contributed by atoms with Crippen molar-refractivity contribution in [1.82, 2.24) is 20.8 Å². The van der Waals surface area contributed by atoms with E-state index in [4.69, 9.17) is 4.52 Å². The van der Waals surface area contributed by atoms with Gasteiger partial charge in [0.2, 0.25) is 0 Å². The summed E-state index contributed by atoms with van der Waals surface area (Å²) in [5, 5.41) is 9.88. The number of carbonyl (C=O) groups is 1. The highest BCUT2D eigenvalue weighted by Crippen LogP contribution is 2.21. The third kappa shape index (κ3) is 4.82. The molecule has 0 aliphatic heterocycles. The maximum atomic E-state index is 12.2. The van der Waals surface area contributed by atoms with Gasteiger partial charge in [0.05, 0.1) is 11.1 Å². The van der Waals surface area contributed by atoms with Gasteiger partial charge in [0.15, 0.2) is 5.82 Å². The smallest absolute Gasteiger partial charge is 0.258 e. The first-order chi connectivity index (χ1) is 10.2. The van der Waals surface area contributed by atoms with Crippen LogP contribution in [0.5, 0.6) is 0 Å². The van der Waals surface area contributed by atoms with Gasteiger partial charge in [-0.2, -0.15) is 4.98 Å². The van der Waals surface area contributed by atoms with Crippen molar-refractivity contribution in [2.24, 2.45) is 0 Å². The van der Waals surface area contributed by atoms with E-state index >= 15 is 0 Å². The summed E-state index contributed by atoms with van der Waals surface area (Å²) in [5.41, 5.74) is 1.19. The van der Waals surface area contributed by atoms with E-state index in [1.807, 2.05) is 12.1 Å². The van der Waals surface area contributed by atoms with Crippen molar-refractivity contribution in [2.45, 2.75) is 20.3 Å². The molecule has 0 unspecified atom stereocenters. The third-order valence-corrected chi connectivity index (χ3v) is 2.94. The molecule has 0 fully saturated rings. The highest BCUT2D eigenvalue weighted by molar-refractivity contribution is 5.99. The minimum atomic E-state index is -0.139. The second-order valence-electron chi connectivity index (χ2n) is 4.70. The molecule has 6 nitrogen and oxygen atoms in total. The summed E-state index contributed by atoms with van der Waals surface area (Å²) in [6.45, 7) is 6.13. The number of hydrogen-bond donors (Lipinski definition) is 2. The number of halogens is 1. The van der Waals surface area contributed by atoms with Gasteiger partial charge in [-0.15, -0.1) is 12.4 Å². The Morgan fingerprint density at radius 2 is 2.00 bits per heavy atom. The van der Waals surface area contributed by atoms with Crippen LogP contribution in [0, 0.1) is 6.92 Å². The quantitative estimate of drug-likeness (QED) is 0.763. The average molecular weight is 325 g/mol. The molecular formula is C15H21ClN4O2. The van der Waals surface area contributed by atoms with E-state index in [9.17, 15) is 4.79 Å². The molecule has 2 rings (SSSR count). The van der Waals surface area contributed by atoms with Crippen LogP contribution in [0.15, 0.2) is 28.8 Å². The Kier molecular flexibility index (Phi) is 7.56. The molecule has 0 spiro atoms. The summed E-state index contributed by atoms with van der Waals surface area (Å²) in [6, 6.07) is 7.21. The highest BCUT2D eigenvalue weighted by Gasteiger charge is 2.16. The minimum absolute atomic E-state index is 0. The van der Waals surface area contributed by atoms with Gasteiger partial charge < -0.3 is 15.2 Å². The first-order valence-electron chi connectivity index (χ1n) is 7.11. The Bertz CT molecular complexity index is 601. The van der Waals surface area contributed by atoms with Crippen LogP contribution in [-0.2, 0) is 0 Å². The van der Waals surface area contributed by atoms with Gasteiger partial charge in [0, 0.05) is 13.1 Å². The van der Waals surface area contributed by atoms with Crippen molar-refractivity contribution < 1.29 is 9.32 Å². The second kappa shape index (κ2) is 9.17. The van der Waals surface area contributed by atoms with Crippen LogP contribution in [0.25, 0.3) is 11.5 Å². The van der Waals surface area contributed by atoms with Gasteiger partial charge in [-0.05, 0) is 32.0 Å². The maximum absolute atomic E-state index is 12.2. The Hall–Kier alpha value is -1.92. The van der Waals surface area contributed by atoms with Crippen LogP contribution in [0.4, 0.5) is 0 Å². The molecular weight excluding hydrogens is 304 g/mol. The summed E-state index contributed by atoms with van der Waals surface area (Å²) in [6.07, 6.45) is 1.08. The van der Waals surface area contributed by atoms with Crippen molar-refractivity contribution in [3.63, 3.8) is 0 Å². The van der Waals surface area contributed by atoms with Crippen LogP contribution in [0.1, 0.15) is 29.5 Å². The summed E-state index contributed by atoms with van der Waals surface area (Å²) >= 11 is 0. The van der Waals surface area contributed by atoms with Crippen LogP contribution in [0.2, 0.25) is 0 Å². The molecule has 2 aromatic rings. The van der Waals surface area contributed by atoms with Gasteiger partial charge in [-0.3, -0.25) is 4.79 Å². The summed E-state index contributed by atoms with van der Waals surface area (Å²) in [5.74, 6) is 0.770. The van der Waals surface area contributed by atoms with Crippen molar-refractivity contribution >= 4 is 18.3 Å². The predicted octanol–water partition coefficient (Wildman–Crippen LogP) is 2.20. The van der Waals surface area contributed by atoms with E-state index < -0.39 is 0 Å². The van der Waals surface area contributed by atoms with E-state index in [0.717, 1.165) is 19.5 Å². The van der Waals surface area contributed by atoms with Gasteiger partial charge in [0.25, 0.3) is 11.8 Å². The molecule has 0 saturated heterocycles. The Morgan fingerprint density at radius 1 is 1.23 bits per heavy atom. The largest absolute Gasteiger partial charge is 0.351 e. The number of aromatic nitrogens is 2. The van der Waals surface area contributed by atoms with E-state index in [0.29, 0.717) is 29.4 Å². The maximum Gasteiger partial charge on any atom is 0.258 e. The molecule has 1 amide bonds. The Balaban J connectivity index is 0.00000242. The van der Waals surface area contributed by atoms with E-state index in [1.54, 1.807) is 19.1 Å². The zero-order chi connectivity index (χ0) is 15.1. The number of benzene rings is 1. The van der Waals surface area contributed by atoms with Crippen LogP contribution < -0.4 is 10.6 Å². The molecule has 1 aromatic heterocycles. The van der Waals surface area contributed by atoms with Gasteiger partial charge in [0.1, 0.15) is 0 Å². The average Bonchev–Trinajstić information content (AvgIpc) is 2.93. The lowest BCUT2D eigenvalue weighted by molar-refractivity contribution is 0.0954. The van der Waals surface area contributed by atoms with Crippen molar-refractivity contribution in [3.8, 4) is 11.5 Å². The second-order valence-corrected chi connectivity index (χ2v) is 4.70. The summed E-state index contributed by atoms with van der Waals surface area (Å²) in [4.78, 5) is 16.4. The summed E-state index contributed by atoms with van der Waals surface area (Å²) in [7, 11) is 0. The Morgan fingerprint density at radius 3 is 2.68 bits per heavy atom. The molecule has 1 heterocycles. The van der Waals surface area contributed by atoms with E-state index in [-0.39, 0.29) is 18.3 Å². The van der Waals surface area contributed by atoms with E-state index in [1.165, 1.54) is 0 Å². The lowest BCUT2D eigenvalue weighted by Crippen LogP contribution is -2.32. The monoisotopic (exact) mass is 324 g/mol. The first kappa shape index (κ1) is 18.1. The SMILES string of the molecule is CCCNCCNC(=O)c1ccccc1-c1nc(C)no1.Cl. The van der Waals surface area contributed by atoms with Gasteiger partial charge in [-0.1, -0.05) is 24.2 Å². The zero-order valence-electron chi connectivity index (χ0n) is 12.8. The summed E-state index contributed by atoms with van der Waals surface area (Å²) < 4.78 is 5.15. The highest BCUT2D eigenvalue weighted by atomic mass is 35.5. The molecule has 120 valence electrons. The minimum Gasteiger partial charge on any atom is -0.351 e. The number of hydrogen-bond acceptors (Lipinski definition) is 5. The molecule has 22 heavy (non-hydrogen) atoms. The molecule has 7 heteroatoms. The first-order valence-corrected chi connectivity index (χ1v) is 7.11. The number of nitrogens with zero attached hydrogens (tertiary/aromatic N) is 2. The van der Waals surface area contributed by atoms with Crippen LogP contribution in [-0.4, -0.2) is 35.7 Å². The molecule has 0 saturated carbocycles. The molecule has 0 aliphatic rings.